The maximum Gasteiger partial charge on any atom is 0.136 e. The van der Waals surface area contributed by atoms with Crippen LogP contribution in [0.2, 0.25) is 0 Å². The van der Waals surface area contributed by atoms with Gasteiger partial charge in [-0.1, -0.05) is 36.4 Å². The summed E-state index contributed by atoms with van der Waals surface area (Å²) in [4.78, 5) is 4.46. The summed E-state index contributed by atoms with van der Waals surface area (Å²) in [5, 5.41) is 4.41. The number of hydrogen-bond acceptors (Lipinski definition) is 3. The number of nitrogens with two attached hydrogens (primary N) is 1. The Bertz CT molecular complexity index is 655. The van der Waals surface area contributed by atoms with Gasteiger partial charge in [0.05, 0.1) is 15.5 Å². The number of halogens is 1. The van der Waals surface area contributed by atoms with E-state index in [-0.39, 0.29) is 6.04 Å². The smallest absolute Gasteiger partial charge is 0.136 e. The van der Waals surface area contributed by atoms with Crippen molar-refractivity contribution >= 4 is 28.4 Å². The molecule has 2 aromatic heterocycles. The fourth-order valence-corrected chi connectivity index (χ4v) is 2.54. The van der Waals surface area contributed by atoms with Crippen LogP contribution in [-0.2, 0) is 0 Å². The molecule has 0 fully saturated rings. The van der Waals surface area contributed by atoms with Crippen LogP contribution in [-0.4, -0.2) is 14.8 Å². The van der Waals surface area contributed by atoms with Crippen molar-refractivity contribution in [2.75, 3.05) is 5.73 Å². The van der Waals surface area contributed by atoms with Gasteiger partial charge in [-0.05, 0) is 40.3 Å². The number of hydrogen-bond donors (Lipinski definition) is 1. The Morgan fingerprint density at radius 3 is 2.40 bits per heavy atom. The highest BCUT2D eigenvalue weighted by atomic mass is 127. The van der Waals surface area contributed by atoms with Crippen LogP contribution in [0, 0.1) is 3.57 Å². The average molecular weight is 376 g/mol. The van der Waals surface area contributed by atoms with Gasteiger partial charge in [-0.15, -0.1) is 0 Å². The van der Waals surface area contributed by atoms with Gasteiger partial charge < -0.3 is 5.73 Å². The number of benzene rings is 1. The number of nitrogen functional groups attached to an aromatic ring is 1. The maximum atomic E-state index is 6.14. The summed E-state index contributed by atoms with van der Waals surface area (Å²) in [6.07, 6.45) is 3.56. The first kappa shape index (κ1) is 13.1. The molecule has 2 heterocycles. The van der Waals surface area contributed by atoms with Crippen LogP contribution < -0.4 is 5.73 Å². The van der Waals surface area contributed by atoms with Gasteiger partial charge in [-0.25, -0.2) is 4.68 Å². The molecule has 0 saturated heterocycles. The zero-order valence-corrected chi connectivity index (χ0v) is 12.8. The van der Waals surface area contributed by atoms with E-state index in [1.807, 2.05) is 41.1 Å². The summed E-state index contributed by atoms with van der Waals surface area (Å²) < 4.78 is 2.76. The van der Waals surface area contributed by atoms with Gasteiger partial charge in [0.25, 0.3) is 0 Å². The van der Waals surface area contributed by atoms with Crippen molar-refractivity contribution < 1.29 is 0 Å². The number of nitrogens with zero attached hydrogens (tertiary/aromatic N) is 3. The largest absolute Gasteiger partial charge is 0.383 e. The predicted octanol–water partition coefficient (Wildman–Crippen LogP) is 3.10. The lowest BCUT2D eigenvalue weighted by molar-refractivity contribution is 0.590. The Balaban J connectivity index is 2.17. The Morgan fingerprint density at radius 1 is 1.05 bits per heavy atom. The summed E-state index contributed by atoms with van der Waals surface area (Å²) in [6, 6.07) is 15.9. The Morgan fingerprint density at radius 2 is 1.80 bits per heavy atom. The van der Waals surface area contributed by atoms with E-state index >= 15 is 0 Å². The molecule has 5 heteroatoms. The van der Waals surface area contributed by atoms with Gasteiger partial charge in [-0.3, -0.25) is 4.98 Å². The molecule has 0 bridgehead atoms. The molecule has 0 amide bonds. The highest BCUT2D eigenvalue weighted by molar-refractivity contribution is 14.1. The Kier molecular flexibility index (Phi) is 3.68. The summed E-state index contributed by atoms with van der Waals surface area (Å²) in [7, 11) is 0. The standard InChI is InChI=1S/C15H13IN4/c16-12-10-19-20(15(12)17)14(11-6-2-1-3-7-11)13-8-4-5-9-18-13/h1-10,14H,17H2. The normalized spacial score (nSPS) is 12.2. The molecular formula is C15H13IN4. The minimum Gasteiger partial charge on any atom is -0.383 e. The van der Waals surface area contributed by atoms with E-state index in [0.717, 1.165) is 14.8 Å². The molecule has 100 valence electrons. The summed E-state index contributed by atoms with van der Waals surface area (Å²) in [5.41, 5.74) is 8.17. The van der Waals surface area contributed by atoms with Crippen molar-refractivity contribution in [2.45, 2.75) is 6.04 Å². The highest BCUT2D eigenvalue weighted by Gasteiger charge is 2.21. The molecule has 0 aliphatic carbocycles. The molecule has 0 aliphatic rings. The molecule has 20 heavy (non-hydrogen) atoms. The van der Waals surface area contributed by atoms with E-state index in [1.165, 1.54) is 0 Å². The van der Waals surface area contributed by atoms with Crippen molar-refractivity contribution in [1.82, 2.24) is 14.8 Å². The lowest BCUT2D eigenvalue weighted by Crippen LogP contribution is -2.17. The number of rotatable bonds is 3. The van der Waals surface area contributed by atoms with Gasteiger partial charge in [0.1, 0.15) is 11.9 Å². The van der Waals surface area contributed by atoms with Crippen LogP contribution in [0.15, 0.2) is 60.9 Å². The third kappa shape index (κ3) is 2.40. The van der Waals surface area contributed by atoms with Gasteiger partial charge in [-0.2, -0.15) is 5.10 Å². The van der Waals surface area contributed by atoms with E-state index in [1.54, 1.807) is 12.4 Å². The van der Waals surface area contributed by atoms with Gasteiger partial charge in [0, 0.05) is 6.20 Å². The lowest BCUT2D eigenvalue weighted by Gasteiger charge is -2.19. The molecule has 3 aromatic rings. The van der Waals surface area contributed by atoms with E-state index in [4.69, 9.17) is 5.73 Å². The third-order valence-corrected chi connectivity index (χ3v) is 3.95. The summed E-state index contributed by atoms with van der Waals surface area (Å²) >= 11 is 2.19. The molecule has 1 atom stereocenters. The van der Waals surface area contributed by atoms with E-state index < -0.39 is 0 Å². The van der Waals surface area contributed by atoms with E-state index in [0.29, 0.717) is 5.82 Å². The minimum absolute atomic E-state index is 0.110. The van der Waals surface area contributed by atoms with Crippen molar-refractivity contribution in [2.24, 2.45) is 0 Å². The zero-order valence-electron chi connectivity index (χ0n) is 10.6. The molecule has 1 aromatic carbocycles. The first-order valence-electron chi connectivity index (χ1n) is 6.21. The van der Waals surface area contributed by atoms with Crippen LogP contribution in [0.1, 0.15) is 17.3 Å². The van der Waals surface area contributed by atoms with Crippen molar-refractivity contribution in [3.63, 3.8) is 0 Å². The second-order valence-corrected chi connectivity index (χ2v) is 5.55. The molecule has 1 unspecified atom stereocenters. The minimum atomic E-state index is -0.110. The van der Waals surface area contributed by atoms with Crippen LogP contribution >= 0.6 is 22.6 Å². The molecular weight excluding hydrogens is 363 g/mol. The van der Waals surface area contributed by atoms with Gasteiger partial charge >= 0.3 is 0 Å². The van der Waals surface area contributed by atoms with Crippen molar-refractivity contribution in [3.8, 4) is 0 Å². The maximum absolute atomic E-state index is 6.14. The Labute approximate surface area is 130 Å². The molecule has 4 nitrogen and oxygen atoms in total. The topological polar surface area (TPSA) is 56.7 Å². The van der Waals surface area contributed by atoms with Gasteiger partial charge in [0.2, 0.25) is 0 Å². The number of aromatic nitrogens is 3. The van der Waals surface area contributed by atoms with Crippen LogP contribution in [0.4, 0.5) is 5.82 Å². The van der Waals surface area contributed by atoms with Crippen LogP contribution in [0.25, 0.3) is 0 Å². The Hall–Kier alpha value is -1.89. The predicted molar refractivity (Wildman–Crippen MR) is 87.3 cm³/mol. The summed E-state index contributed by atoms with van der Waals surface area (Å²) in [6.45, 7) is 0. The van der Waals surface area contributed by atoms with Gasteiger partial charge in [0.15, 0.2) is 0 Å². The van der Waals surface area contributed by atoms with Crippen molar-refractivity contribution in [3.05, 3.63) is 75.8 Å². The quantitative estimate of drug-likeness (QED) is 0.715. The van der Waals surface area contributed by atoms with Crippen LogP contribution in [0.3, 0.4) is 0 Å². The fraction of sp³-hybridized carbons (Fsp3) is 0.0667. The molecule has 0 radical (unpaired) electrons. The molecule has 3 rings (SSSR count). The van der Waals surface area contributed by atoms with E-state index in [2.05, 4.69) is 44.8 Å². The molecule has 0 spiro atoms. The highest BCUT2D eigenvalue weighted by Crippen LogP contribution is 2.28. The fourth-order valence-electron chi connectivity index (χ4n) is 2.17. The molecule has 0 aliphatic heterocycles. The monoisotopic (exact) mass is 376 g/mol. The molecule has 2 N–H and O–H groups in total. The zero-order chi connectivity index (χ0) is 13.9. The first-order valence-corrected chi connectivity index (χ1v) is 7.29. The first-order chi connectivity index (χ1) is 9.77. The van der Waals surface area contributed by atoms with Crippen LogP contribution in [0.5, 0.6) is 0 Å². The molecule has 0 saturated carbocycles. The van der Waals surface area contributed by atoms with E-state index in [9.17, 15) is 0 Å². The second kappa shape index (κ2) is 5.62. The third-order valence-electron chi connectivity index (χ3n) is 3.11. The second-order valence-electron chi connectivity index (χ2n) is 4.39. The lowest BCUT2D eigenvalue weighted by atomic mass is 10.0. The number of pyridine rings is 1. The van der Waals surface area contributed by atoms with Crippen molar-refractivity contribution in [1.29, 1.82) is 0 Å². The SMILES string of the molecule is Nc1c(I)cnn1C(c1ccccc1)c1ccccn1. The number of anilines is 1. The average Bonchev–Trinajstić information content (AvgIpc) is 2.82. The summed E-state index contributed by atoms with van der Waals surface area (Å²) in [5.74, 6) is 0.658.